The standard InChI is InChI=1S/C25H28N6O2/c1-16-15-30(8-9-31(16)22(32)6-10-33-2)25-19(13-26)12-21(23(29-25)17-3-4-17)20-11-18-5-7-27-24(18)28-14-20/h5,7,11-12,14,16-17H,3-4,6,8-10,15H2,1-2H3,(H,27,28). The SMILES string of the molecule is COCCC(=O)N1CCN(c2nc(C3CC3)c(-c3cnc4[nH]ccc4c3)cc2C#N)CC1C. The Morgan fingerprint density at radius 1 is 1.33 bits per heavy atom. The van der Waals surface area contributed by atoms with Crippen LogP contribution in [0, 0.1) is 11.3 Å². The molecule has 1 amide bonds. The van der Waals surface area contributed by atoms with Crippen LogP contribution in [0.3, 0.4) is 0 Å². The highest BCUT2D eigenvalue weighted by atomic mass is 16.5. The van der Waals surface area contributed by atoms with Gasteiger partial charge in [-0.1, -0.05) is 0 Å². The molecule has 0 bridgehead atoms. The summed E-state index contributed by atoms with van der Waals surface area (Å²) >= 11 is 0. The van der Waals surface area contributed by atoms with E-state index in [9.17, 15) is 10.1 Å². The zero-order valence-electron chi connectivity index (χ0n) is 19.0. The minimum absolute atomic E-state index is 0.0423. The summed E-state index contributed by atoms with van der Waals surface area (Å²) in [5.41, 5.74) is 4.45. The normalized spacial score (nSPS) is 18.5. The van der Waals surface area contributed by atoms with Crippen molar-refractivity contribution in [3.05, 3.63) is 41.9 Å². The summed E-state index contributed by atoms with van der Waals surface area (Å²) in [5, 5.41) is 11.0. The molecule has 1 atom stereocenters. The number of aromatic amines is 1. The van der Waals surface area contributed by atoms with Crippen molar-refractivity contribution in [1.82, 2.24) is 19.9 Å². The molecule has 1 saturated carbocycles. The van der Waals surface area contributed by atoms with Gasteiger partial charge in [0.2, 0.25) is 5.91 Å². The largest absolute Gasteiger partial charge is 0.384 e. The number of aromatic nitrogens is 3. The van der Waals surface area contributed by atoms with E-state index in [0.29, 0.717) is 44.1 Å². The molecule has 170 valence electrons. The van der Waals surface area contributed by atoms with E-state index < -0.39 is 0 Å². The third-order valence-electron chi connectivity index (χ3n) is 6.59. The van der Waals surface area contributed by atoms with E-state index in [1.54, 1.807) is 7.11 Å². The van der Waals surface area contributed by atoms with Gasteiger partial charge >= 0.3 is 0 Å². The van der Waals surface area contributed by atoms with E-state index in [-0.39, 0.29) is 11.9 Å². The second-order valence-electron chi connectivity index (χ2n) is 8.94. The summed E-state index contributed by atoms with van der Waals surface area (Å²) in [4.78, 5) is 29.3. The molecule has 1 unspecified atom stereocenters. The van der Waals surface area contributed by atoms with Crippen molar-refractivity contribution < 1.29 is 9.53 Å². The fraction of sp³-hybridized carbons (Fsp3) is 0.440. The van der Waals surface area contributed by atoms with Gasteiger partial charge in [0.05, 0.1) is 24.3 Å². The number of ether oxygens (including phenoxy) is 1. The highest BCUT2D eigenvalue weighted by Gasteiger charge is 2.33. The lowest BCUT2D eigenvalue weighted by molar-refractivity contribution is -0.134. The van der Waals surface area contributed by atoms with E-state index >= 15 is 0 Å². The Kier molecular flexibility index (Phi) is 5.73. The molecule has 33 heavy (non-hydrogen) atoms. The molecule has 8 heteroatoms. The molecule has 1 saturated heterocycles. The molecule has 4 heterocycles. The van der Waals surface area contributed by atoms with Gasteiger partial charge < -0.3 is 19.5 Å². The van der Waals surface area contributed by atoms with Crippen molar-refractivity contribution in [2.24, 2.45) is 0 Å². The highest BCUT2D eigenvalue weighted by molar-refractivity contribution is 5.83. The van der Waals surface area contributed by atoms with Gasteiger partial charge in [0.15, 0.2) is 0 Å². The van der Waals surface area contributed by atoms with Gasteiger partial charge in [-0.15, -0.1) is 0 Å². The van der Waals surface area contributed by atoms with Crippen LogP contribution in [-0.2, 0) is 9.53 Å². The summed E-state index contributed by atoms with van der Waals surface area (Å²) < 4.78 is 5.06. The quantitative estimate of drug-likeness (QED) is 0.625. The average Bonchev–Trinajstić information content (AvgIpc) is 3.58. The number of hydrogen-bond acceptors (Lipinski definition) is 6. The first kappa shape index (κ1) is 21.4. The number of anilines is 1. The summed E-state index contributed by atoms with van der Waals surface area (Å²) in [6.45, 7) is 4.41. The van der Waals surface area contributed by atoms with Crippen LogP contribution in [0.1, 0.15) is 43.4 Å². The van der Waals surface area contributed by atoms with Crippen molar-refractivity contribution in [2.45, 2.75) is 38.1 Å². The predicted molar refractivity (Wildman–Crippen MR) is 126 cm³/mol. The van der Waals surface area contributed by atoms with E-state index in [4.69, 9.17) is 9.72 Å². The van der Waals surface area contributed by atoms with Crippen molar-refractivity contribution in [3.8, 4) is 17.2 Å². The number of nitriles is 1. The number of amides is 1. The summed E-state index contributed by atoms with van der Waals surface area (Å²) in [6, 6.07) is 8.50. The molecule has 3 aromatic rings. The number of fused-ring (bicyclic) bond motifs is 1. The van der Waals surface area contributed by atoms with Crippen LogP contribution >= 0.6 is 0 Å². The Hall–Kier alpha value is -3.44. The van der Waals surface area contributed by atoms with Gasteiger partial charge in [-0.05, 0) is 38.0 Å². The van der Waals surface area contributed by atoms with Crippen molar-refractivity contribution in [3.63, 3.8) is 0 Å². The number of rotatable bonds is 6. The van der Waals surface area contributed by atoms with Gasteiger partial charge in [-0.25, -0.2) is 9.97 Å². The van der Waals surface area contributed by atoms with Crippen LogP contribution in [-0.4, -0.2) is 65.2 Å². The number of pyridine rings is 2. The third kappa shape index (κ3) is 4.16. The van der Waals surface area contributed by atoms with Crippen LogP contribution < -0.4 is 4.90 Å². The lowest BCUT2D eigenvalue weighted by Gasteiger charge is -2.41. The molecule has 8 nitrogen and oxygen atoms in total. The van der Waals surface area contributed by atoms with Gasteiger partial charge in [0, 0.05) is 67.6 Å². The van der Waals surface area contributed by atoms with E-state index in [0.717, 1.165) is 46.5 Å². The lowest BCUT2D eigenvalue weighted by atomic mass is 9.99. The summed E-state index contributed by atoms with van der Waals surface area (Å²) in [5.74, 6) is 1.26. The number of H-pyrrole nitrogens is 1. The summed E-state index contributed by atoms with van der Waals surface area (Å²) in [7, 11) is 1.61. The van der Waals surface area contributed by atoms with Gasteiger partial charge in [0.25, 0.3) is 0 Å². The third-order valence-corrected chi connectivity index (χ3v) is 6.59. The topological polar surface area (TPSA) is 98.1 Å². The van der Waals surface area contributed by atoms with Crippen LogP contribution in [0.4, 0.5) is 5.82 Å². The van der Waals surface area contributed by atoms with Gasteiger partial charge in [0.1, 0.15) is 17.5 Å². The number of methoxy groups -OCH3 is 1. The molecule has 2 aliphatic rings. The molecule has 2 fully saturated rings. The maximum atomic E-state index is 12.5. The number of carbonyl (C=O) groups is 1. The van der Waals surface area contributed by atoms with Crippen molar-refractivity contribution >= 4 is 22.8 Å². The lowest BCUT2D eigenvalue weighted by Crippen LogP contribution is -2.54. The van der Waals surface area contributed by atoms with E-state index in [2.05, 4.69) is 33.9 Å². The maximum Gasteiger partial charge on any atom is 0.225 e. The van der Waals surface area contributed by atoms with Crippen molar-refractivity contribution in [2.75, 3.05) is 38.3 Å². The number of hydrogen-bond donors (Lipinski definition) is 1. The molecule has 1 N–H and O–H groups in total. The van der Waals surface area contributed by atoms with Crippen LogP contribution in [0.2, 0.25) is 0 Å². The molecule has 1 aliphatic heterocycles. The van der Waals surface area contributed by atoms with Crippen molar-refractivity contribution in [1.29, 1.82) is 5.26 Å². The molecule has 1 aliphatic carbocycles. The molecule has 3 aromatic heterocycles. The smallest absolute Gasteiger partial charge is 0.225 e. The van der Waals surface area contributed by atoms with Gasteiger partial charge in [-0.3, -0.25) is 4.79 Å². The Balaban J connectivity index is 1.46. The number of nitrogens with one attached hydrogen (secondary N) is 1. The fourth-order valence-electron chi connectivity index (χ4n) is 4.68. The average molecular weight is 445 g/mol. The Morgan fingerprint density at radius 2 is 2.18 bits per heavy atom. The Labute approximate surface area is 193 Å². The zero-order valence-corrected chi connectivity index (χ0v) is 19.0. The number of carbonyl (C=O) groups excluding carboxylic acids is 1. The van der Waals surface area contributed by atoms with Crippen LogP contribution in [0.5, 0.6) is 0 Å². The Bertz CT molecular complexity index is 1230. The highest BCUT2D eigenvalue weighted by Crippen LogP contribution is 2.45. The molecule has 0 spiro atoms. The molecule has 5 rings (SSSR count). The van der Waals surface area contributed by atoms with E-state index in [1.807, 2.05) is 29.4 Å². The fourth-order valence-corrected chi connectivity index (χ4v) is 4.68. The molecular weight excluding hydrogens is 416 g/mol. The number of nitrogens with zero attached hydrogens (tertiary/aromatic N) is 5. The van der Waals surface area contributed by atoms with Crippen LogP contribution in [0.15, 0.2) is 30.6 Å². The first-order valence-electron chi connectivity index (χ1n) is 11.5. The zero-order chi connectivity index (χ0) is 22.9. The number of piperazine rings is 1. The maximum absolute atomic E-state index is 12.5. The predicted octanol–water partition coefficient (Wildman–Crippen LogP) is 3.45. The molecule has 0 aromatic carbocycles. The Morgan fingerprint density at radius 3 is 2.91 bits per heavy atom. The van der Waals surface area contributed by atoms with Gasteiger partial charge in [-0.2, -0.15) is 5.26 Å². The second kappa shape index (κ2) is 8.83. The molecular formula is C25H28N6O2. The van der Waals surface area contributed by atoms with Crippen LogP contribution in [0.25, 0.3) is 22.2 Å². The summed E-state index contributed by atoms with van der Waals surface area (Å²) in [6.07, 6.45) is 6.36. The second-order valence-corrected chi connectivity index (χ2v) is 8.94. The molecule has 0 radical (unpaired) electrons. The first-order chi connectivity index (χ1) is 16.1. The minimum atomic E-state index is 0.0423. The first-order valence-corrected chi connectivity index (χ1v) is 11.5. The monoisotopic (exact) mass is 444 g/mol. The van der Waals surface area contributed by atoms with E-state index in [1.165, 1.54) is 0 Å². The minimum Gasteiger partial charge on any atom is -0.384 e.